The van der Waals surface area contributed by atoms with E-state index < -0.39 is 0 Å². The highest BCUT2D eigenvalue weighted by Gasteiger charge is 2.10. The Bertz CT molecular complexity index is 825. The normalized spacial score (nSPS) is 11.2. The number of benzene rings is 1. The molecule has 0 aliphatic heterocycles. The summed E-state index contributed by atoms with van der Waals surface area (Å²) in [4.78, 5) is 16.0. The minimum Gasteiger partial charge on any atom is -0.300 e. The van der Waals surface area contributed by atoms with Gasteiger partial charge in [-0.15, -0.1) is 0 Å². The van der Waals surface area contributed by atoms with Crippen LogP contribution in [0, 0.1) is 30.1 Å². The summed E-state index contributed by atoms with van der Waals surface area (Å²) in [5, 5.41) is 1.11. The maximum absolute atomic E-state index is 11.5. The van der Waals surface area contributed by atoms with Crippen molar-refractivity contribution in [3.63, 3.8) is 0 Å². The van der Waals surface area contributed by atoms with Gasteiger partial charge in [0.15, 0.2) is 0 Å². The molecule has 2 rings (SSSR count). The number of aromatic nitrogens is 1. The lowest BCUT2D eigenvalue weighted by atomic mass is 9.95. The lowest BCUT2D eigenvalue weighted by molar-refractivity contribution is -0.120. The Labute approximate surface area is 179 Å². The predicted molar refractivity (Wildman–Crippen MR) is 128 cm³/mol. The van der Waals surface area contributed by atoms with E-state index in [0.717, 1.165) is 41.3 Å². The summed E-state index contributed by atoms with van der Waals surface area (Å²) in [5.74, 6) is 6.61. The van der Waals surface area contributed by atoms with Crippen molar-refractivity contribution < 1.29 is 4.79 Å². The smallest absolute Gasteiger partial charge is 0.132 e. The molecule has 0 fully saturated rings. The fourth-order valence-electron chi connectivity index (χ4n) is 2.48. The van der Waals surface area contributed by atoms with E-state index in [9.17, 15) is 4.79 Å². The maximum atomic E-state index is 11.5. The van der Waals surface area contributed by atoms with E-state index in [0.29, 0.717) is 5.41 Å². The van der Waals surface area contributed by atoms with Crippen LogP contribution in [0.15, 0.2) is 24.4 Å². The summed E-state index contributed by atoms with van der Waals surface area (Å²) in [6.45, 7) is 20.6. The third-order valence-electron chi connectivity index (χ3n) is 3.88. The van der Waals surface area contributed by atoms with Crippen LogP contribution in [0.1, 0.15) is 91.8 Å². The van der Waals surface area contributed by atoms with Crippen molar-refractivity contribution in [2.45, 2.75) is 88.5 Å². The van der Waals surface area contributed by atoms with E-state index in [1.54, 1.807) is 6.92 Å². The number of nitrogens with zero attached hydrogens (tertiary/aromatic N) is 1. The van der Waals surface area contributed by atoms with E-state index in [1.165, 1.54) is 5.56 Å². The van der Waals surface area contributed by atoms with Crippen molar-refractivity contribution in [2.75, 3.05) is 0 Å². The molecule has 0 amide bonds. The topological polar surface area (TPSA) is 30.0 Å². The largest absolute Gasteiger partial charge is 0.300 e. The number of pyridine rings is 1. The number of ketones is 1. The second-order valence-electron chi connectivity index (χ2n) is 8.98. The third-order valence-corrected chi connectivity index (χ3v) is 3.88. The number of hydrogen-bond donors (Lipinski definition) is 0. The van der Waals surface area contributed by atoms with Crippen molar-refractivity contribution in [2.24, 2.45) is 11.3 Å². The fraction of sp³-hybridized carbons (Fsp3) is 0.556. The first-order chi connectivity index (χ1) is 13.5. The maximum Gasteiger partial charge on any atom is 0.132 e. The molecule has 0 spiro atoms. The summed E-state index contributed by atoms with van der Waals surface area (Å²) < 4.78 is 0. The molecule has 0 bridgehead atoms. The van der Waals surface area contributed by atoms with E-state index >= 15 is 0 Å². The number of unbranched alkanes of at least 4 members (excludes halogenated alkanes) is 1. The number of aryl methyl sites for hydroxylation is 1. The Morgan fingerprint density at radius 1 is 1.14 bits per heavy atom. The van der Waals surface area contributed by atoms with Gasteiger partial charge in [-0.05, 0) is 55.4 Å². The molecular weight excluding hydrogens is 354 g/mol. The van der Waals surface area contributed by atoms with Gasteiger partial charge in [0.1, 0.15) is 5.78 Å². The molecule has 1 unspecified atom stereocenters. The summed E-state index contributed by atoms with van der Waals surface area (Å²) >= 11 is 0. The molecule has 29 heavy (non-hydrogen) atoms. The molecular formula is C27H41NO. The molecule has 1 atom stereocenters. The van der Waals surface area contributed by atoms with Gasteiger partial charge in [0, 0.05) is 29.5 Å². The number of rotatable bonds is 4. The first-order valence-electron chi connectivity index (χ1n) is 10.9. The van der Waals surface area contributed by atoms with E-state index in [4.69, 9.17) is 0 Å². The zero-order chi connectivity index (χ0) is 22.6. The zero-order valence-corrected chi connectivity index (χ0v) is 20.4. The third kappa shape index (κ3) is 11.4. The van der Waals surface area contributed by atoms with Gasteiger partial charge < -0.3 is 0 Å². The molecule has 2 nitrogen and oxygen atoms in total. The average Bonchev–Trinajstić information content (AvgIpc) is 2.62. The molecule has 2 aromatic rings. The van der Waals surface area contributed by atoms with Crippen LogP contribution in [0.5, 0.6) is 0 Å². The molecule has 0 radical (unpaired) electrons. The van der Waals surface area contributed by atoms with Crippen LogP contribution < -0.4 is 0 Å². The van der Waals surface area contributed by atoms with Gasteiger partial charge >= 0.3 is 0 Å². The second kappa shape index (κ2) is 13.2. The Morgan fingerprint density at radius 3 is 2.24 bits per heavy atom. The Kier molecular flexibility index (Phi) is 12.2. The van der Waals surface area contributed by atoms with Crippen molar-refractivity contribution in [1.29, 1.82) is 0 Å². The van der Waals surface area contributed by atoms with Gasteiger partial charge in [0.25, 0.3) is 0 Å². The standard InChI is InChI=1S/C20H23NO.C5H12.C2H6/c1-5-6-7-8-17-11-19-12-18(9-14(2)16(4)22)10-15(3)20(19)21-13-17;1-5(2,3)4;1-2/h10-14H,5-6,9H2,1-4H3;1-4H3;1-2H3. The van der Waals surface area contributed by atoms with Crippen LogP contribution in [0.4, 0.5) is 0 Å². The lowest BCUT2D eigenvalue weighted by Gasteiger charge is -2.10. The zero-order valence-electron chi connectivity index (χ0n) is 20.4. The summed E-state index contributed by atoms with van der Waals surface area (Å²) in [6, 6.07) is 6.37. The predicted octanol–water partition coefficient (Wildman–Crippen LogP) is 7.54. The van der Waals surface area contributed by atoms with Gasteiger partial charge in [-0.1, -0.05) is 73.3 Å². The van der Waals surface area contributed by atoms with Crippen LogP contribution in [0.2, 0.25) is 0 Å². The van der Waals surface area contributed by atoms with Gasteiger partial charge in [0.2, 0.25) is 0 Å². The quantitative estimate of drug-likeness (QED) is 0.500. The monoisotopic (exact) mass is 395 g/mol. The van der Waals surface area contributed by atoms with Crippen LogP contribution in [-0.2, 0) is 11.2 Å². The second-order valence-corrected chi connectivity index (χ2v) is 8.98. The van der Waals surface area contributed by atoms with Gasteiger partial charge in [-0.2, -0.15) is 0 Å². The van der Waals surface area contributed by atoms with Crippen molar-refractivity contribution in [1.82, 2.24) is 4.98 Å². The van der Waals surface area contributed by atoms with Gasteiger partial charge in [-0.3, -0.25) is 9.78 Å². The molecule has 0 N–H and O–H groups in total. The highest BCUT2D eigenvalue weighted by Crippen LogP contribution is 2.22. The van der Waals surface area contributed by atoms with Gasteiger partial charge in [0.05, 0.1) is 5.52 Å². The van der Waals surface area contributed by atoms with E-state index in [2.05, 4.69) is 76.6 Å². The highest BCUT2D eigenvalue weighted by atomic mass is 16.1. The number of Topliss-reactive ketones (excluding diaryl/α,β-unsaturated/α-hetero) is 1. The molecule has 160 valence electrons. The van der Waals surface area contributed by atoms with E-state index in [1.807, 2.05) is 27.0 Å². The molecule has 1 aromatic heterocycles. The molecule has 0 saturated carbocycles. The van der Waals surface area contributed by atoms with E-state index in [-0.39, 0.29) is 11.7 Å². The van der Waals surface area contributed by atoms with Crippen LogP contribution >= 0.6 is 0 Å². The number of carbonyl (C=O) groups is 1. The number of fused-ring (bicyclic) bond motifs is 1. The minimum absolute atomic E-state index is 0.0531. The first-order valence-corrected chi connectivity index (χ1v) is 10.9. The highest BCUT2D eigenvalue weighted by molar-refractivity contribution is 5.84. The summed E-state index contributed by atoms with van der Waals surface area (Å²) in [6.07, 6.45) is 4.60. The molecule has 2 heteroatoms. The first kappa shape index (κ1) is 26.9. The van der Waals surface area contributed by atoms with Crippen molar-refractivity contribution >= 4 is 16.7 Å². The summed E-state index contributed by atoms with van der Waals surface area (Å²) in [5.41, 5.74) is 4.81. The van der Waals surface area contributed by atoms with Crippen LogP contribution in [0.3, 0.4) is 0 Å². The van der Waals surface area contributed by atoms with Crippen LogP contribution in [0.25, 0.3) is 10.9 Å². The molecule has 0 aliphatic rings. The fourth-order valence-corrected chi connectivity index (χ4v) is 2.48. The Morgan fingerprint density at radius 2 is 1.72 bits per heavy atom. The molecule has 1 aromatic carbocycles. The summed E-state index contributed by atoms with van der Waals surface area (Å²) in [7, 11) is 0. The number of hydrogen-bond acceptors (Lipinski definition) is 2. The Balaban J connectivity index is 0.000000977. The molecule has 1 heterocycles. The van der Waals surface area contributed by atoms with Crippen molar-refractivity contribution in [3.05, 3.63) is 41.1 Å². The SMILES string of the molecule is CC.CC(C)(C)C.CCCC#Cc1cnc2c(C)cc(CC(C)C(C)=O)cc2c1. The minimum atomic E-state index is 0.0531. The Hall–Kier alpha value is -2.14. The lowest BCUT2D eigenvalue weighted by Crippen LogP contribution is -2.09. The molecule has 0 aliphatic carbocycles. The van der Waals surface area contributed by atoms with Gasteiger partial charge in [-0.25, -0.2) is 0 Å². The van der Waals surface area contributed by atoms with Crippen molar-refractivity contribution in [3.8, 4) is 11.8 Å². The van der Waals surface area contributed by atoms with Crippen LogP contribution in [-0.4, -0.2) is 10.8 Å². The molecule has 0 saturated heterocycles. The number of carbonyl (C=O) groups excluding carboxylic acids is 1. The average molecular weight is 396 g/mol.